The molecular weight excluding hydrogens is 384 g/mol. The number of thiophene rings is 1. The molecule has 1 aromatic carbocycles. The van der Waals surface area contributed by atoms with Crippen molar-refractivity contribution in [3.63, 3.8) is 0 Å². The summed E-state index contributed by atoms with van der Waals surface area (Å²) in [6, 6.07) is 7.99. The fraction of sp³-hybridized carbons (Fsp3) is 0.478. The number of nitrogens with zero attached hydrogens (tertiary/aromatic N) is 1. The van der Waals surface area contributed by atoms with Crippen LogP contribution in [0.2, 0.25) is 0 Å². The molecule has 1 aliphatic heterocycles. The number of rotatable bonds is 7. The van der Waals surface area contributed by atoms with E-state index in [1.807, 2.05) is 50.4 Å². The summed E-state index contributed by atoms with van der Waals surface area (Å²) in [7, 11) is 0. The molecule has 3 rings (SSSR count). The molecule has 5 nitrogen and oxygen atoms in total. The average molecular weight is 416 g/mol. The van der Waals surface area contributed by atoms with E-state index < -0.39 is 0 Å². The molecule has 29 heavy (non-hydrogen) atoms. The molecule has 0 spiro atoms. The smallest absolute Gasteiger partial charge is 0.348 e. The van der Waals surface area contributed by atoms with E-state index in [0.717, 1.165) is 59.3 Å². The molecule has 2 aromatic rings. The Morgan fingerprint density at radius 3 is 2.48 bits per heavy atom. The van der Waals surface area contributed by atoms with Gasteiger partial charge in [-0.15, -0.1) is 11.3 Å². The van der Waals surface area contributed by atoms with Crippen molar-refractivity contribution < 1.29 is 18.8 Å². The van der Waals surface area contributed by atoms with Gasteiger partial charge in [0.25, 0.3) is 5.91 Å². The highest BCUT2D eigenvalue weighted by Gasteiger charge is 2.33. The van der Waals surface area contributed by atoms with E-state index in [2.05, 4.69) is 5.32 Å². The van der Waals surface area contributed by atoms with Gasteiger partial charge in [0.05, 0.1) is 19.7 Å². The molecule has 0 aliphatic carbocycles. The van der Waals surface area contributed by atoms with Crippen molar-refractivity contribution in [2.45, 2.75) is 46.6 Å². The SMILES string of the molecule is CCOC(=O)c1cc(C[N+]2(CC(=O)Nc3c(C)cccc3C)CCCCC2)cs1. The van der Waals surface area contributed by atoms with Crippen molar-refractivity contribution in [3.8, 4) is 0 Å². The van der Waals surface area contributed by atoms with Gasteiger partial charge in [0.1, 0.15) is 11.4 Å². The standard InChI is InChI=1S/C23H30N2O3S/c1-4-28-23(27)20-13-19(16-29-20)14-25(11-6-5-7-12-25)15-21(26)24-22-17(2)9-8-10-18(22)3/h8-10,13,16H,4-7,11-12,14-15H2,1-3H3/p+1. The molecule has 2 heterocycles. The van der Waals surface area contributed by atoms with Gasteiger partial charge in [-0.05, 0) is 57.2 Å². The zero-order valence-corrected chi connectivity index (χ0v) is 18.4. The van der Waals surface area contributed by atoms with Crippen LogP contribution in [0.15, 0.2) is 29.6 Å². The Balaban J connectivity index is 1.73. The Bertz CT molecular complexity index is 849. The van der Waals surface area contributed by atoms with Crippen LogP contribution in [-0.4, -0.2) is 42.6 Å². The first-order valence-electron chi connectivity index (χ1n) is 10.4. The number of esters is 1. The summed E-state index contributed by atoms with van der Waals surface area (Å²) in [5.74, 6) is -0.202. The first-order chi connectivity index (χ1) is 13.9. The number of benzene rings is 1. The van der Waals surface area contributed by atoms with Crippen LogP contribution in [0.3, 0.4) is 0 Å². The summed E-state index contributed by atoms with van der Waals surface area (Å²) in [5, 5.41) is 5.18. The Hall–Kier alpha value is -2.18. The average Bonchev–Trinajstić information content (AvgIpc) is 3.14. The third kappa shape index (κ3) is 5.46. The van der Waals surface area contributed by atoms with Crippen molar-refractivity contribution in [2.75, 3.05) is 31.6 Å². The minimum absolute atomic E-state index is 0.0603. The largest absolute Gasteiger partial charge is 0.462 e. The van der Waals surface area contributed by atoms with Gasteiger partial charge in [-0.2, -0.15) is 0 Å². The lowest BCUT2D eigenvalue weighted by molar-refractivity contribution is -0.937. The molecule has 156 valence electrons. The van der Waals surface area contributed by atoms with E-state index >= 15 is 0 Å². The molecule has 0 saturated carbocycles. The molecule has 1 aromatic heterocycles. The lowest BCUT2D eigenvalue weighted by atomic mass is 10.1. The first kappa shape index (κ1) is 21.5. The zero-order chi connectivity index (χ0) is 20.9. The molecule has 1 saturated heterocycles. The van der Waals surface area contributed by atoms with Gasteiger partial charge in [0.15, 0.2) is 6.54 Å². The number of hydrogen-bond acceptors (Lipinski definition) is 4. The summed E-state index contributed by atoms with van der Waals surface area (Å²) in [4.78, 5) is 25.6. The molecule has 1 N–H and O–H groups in total. The number of quaternary nitrogens is 1. The van der Waals surface area contributed by atoms with E-state index in [9.17, 15) is 9.59 Å². The number of anilines is 1. The van der Waals surface area contributed by atoms with Crippen molar-refractivity contribution >= 4 is 28.9 Å². The van der Waals surface area contributed by atoms with Crippen molar-refractivity contribution in [1.82, 2.24) is 0 Å². The number of aryl methyl sites for hydroxylation is 2. The lowest BCUT2D eigenvalue weighted by Gasteiger charge is -2.41. The van der Waals surface area contributed by atoms with Crippen LogP contribution in [0.25, 0.3) is 0 Å². The summed E-state index contributed by atoms with van der Waals surface area (Å²) in [6.07, 6.45) is 3.48. The maximum atomic E-state index is 13.0. The highest BCUT2D eigenvalue weighted by molar-refractivity contribution is 7.12. The molecule has 0 bridgehead atoms. The first-order valence-corrected chi connectivity index (χ1v) is 11.3. The molecule has 1 fully saturated rings. The number of nitrogens with one attached hydrogen (secondary N) is 1. The molecule has 1 amide bonds. The van der Waals surface area contributed by atoms with Crippen LogP contribution >= 0.6 is 11.3 Å². The van der Waals surface area contributed by atoms with Crippen molar-refractivity contribution in [3.05, 3.63) is 51.2 Å². The van der Waals surface area contributed by atoms with Gasteiger partial charge >= 0.3 is 5.97 Å². The third-order valence-corrected chi connectivity index (χ3v) is 6.60. The highest BCUT2D eigenvalue weighted by Crippen LogP contribution is 2.26. The van der Waals surface area contributed by atoms with E-state index in [4.69, 9.17) is 4.74 Å². The molecule has 6 heteroatoms. The number of amides is 1. The molecule has 0 atom stereocenters. The summed E-state index contributed by atoms with van der Waals surface area (Å²) in [5.41, 5.74) is 4.20. The quantitative estimate of drug-likeness (QED) is 0.528. The molecule has 1 aliphatic rings. The fourth-order valence-electron chi connectivity index (χ4n) is 4.21. The summed E-state index contributed by atoms with van der Waals surface area (Å²) >= 11 is 1.43. The van der Waals surface area contributed by atoms with E-state index in [1.165, 1.54) is 17.8 Å². The van der Waals surface area contributed by atoms with Crippen molar-refractivity contribution in [2.24, 2.45) is 0 Å². The zero-order valence-electron chi connectivity index (χ0n) is 17.6. The Morgan fingerprint density at radius 2 is 1.83 bits per heavy atom. The van der Waals surface area contributed by atoms with Crippen LogP contribution in [0.1, 0.15) is 52.5 Å². The van der Waals surface area contributed by atoms with Crippen LogP contribution in [0, 0.1) is 13.8 Å². The molecule has 0 unspecified atom stereocenters. The van der Waals surface area contributed by atoms with Gasteiger partial charge in [-0.1, -0.05) is 18.2 Å². The second-order valence-corrected chi connectivity index (χ2v) is 8.93. The summed E-state index contributed by atoms with van der Waals surface area (Å²) in [6.45, 7) is 9.45. The summed E-state index contributed by atoms with van der Waals surface area (Å²) < 4.78 is 5.86. The minimum Gasteiger partial charge on any atom is -0.462 e. The number of carbonyl (C=O) groups is 2. The van der Waals surface area contributed by atoms with Gasteiger partial charge in [-0.25, -0.2) is 4.79 Å². The number of likely N-dealkylation sites (tertiary alicyclic amines) is 1. The number of piperidine rings is 1. The second-order valence-electron chi connectivity index (χ2n) is 8.02. The van der Waals surface area contributed by atoms with E-state index in [-0.39, 0.29) is 11.9 Å². The van der Waals surface area contributed by atoms with Crippen LogP contribution in [0.5, 0.6) is 0 Å². The Kier molecular flexibility index (Phi) is 7.09. The topological polar surface area (TPSA) is 55.4 Å². The predicted molar refractivity (Wildman–Crippen MR) is 117 cm³/mol. The minimum atomic E-state index is -0.262. The molecular formula is C23H31N2O3S+. The van der Waals surface area contributed by atoms with Crippen molar-refractivity contribution in [1.29, 1.82) is 0 Å². The number of carbonyl (C=O) groups excluding carboxylic acids is 2. The van der Waals surface area contributed by atoms with Crippen LogP contribution in [-0.2, 0) is 16.1 Å². The predicted octanol–water partition coefficient (Wildman–Crippen LogP) is 4.68. The van der Waals surface area contributed by atoms with Gasteiger partial charge in [-0.3, -0.25) is 4.79 Å². The highest BCUT2D eigenvalue weighted by atomic mass is 32.1. The monoisotopic (exact) mass is 415 g/mol. The maximum Gasteiger partial charge on any atom is 0.348 e. The van der Waals surface area contributed by atoms with Crippen LogP contribution < -0.4 is 5.32 Å². The number of para-hydroxylation sites is 1. The van der Waals surface area contributed by atoms with E-state index in [1.54, 1.807) is 0 Å². The maximum absolute atomic E-state index is 13.0. The molecule has 0 radical (unpaired) electrons. The van der Waals surface area contributed by atoms with Crippen LogP contribution in [0.4, 0.5) is 5.69 Å². The van der Waals surface area contributed by atoms with Gasteiger partial charge in [0.2, 0.25) is 0 Å². The fourth-order valence-corrected chi connectivity index (χ4v) is 5.00. The third-order valence-electron chi connectivity index (χ3n) is 5.64. The van der Waals surface area contributed by atoms with Gasteiger partial charge in [0, 0.05) is 16.6 Å². The Labute approximate surface area is 177 Å². The Morgan fingerprint density at radius 1 is 1.14 bits per heavy atom. The lowest BCUT2D eigenvalue weighted by Crippen LogP contribution is -2.54. The second kappa shape index (κ2) is 9.55. The number of ether oxygens (including phenoxy) is 1. The van der Waals surface area contributed by atoms with E-state index in [0.29, 0.717) is 18.0 Å². The van der Waals surface area contributed by atoms with Gasteiger partial charge < -0.3 is 14.5 Å². The normalized spacial score (nSPS) is 15.7. The number of hydrogen-bond donors (Lipinski definition) is 1.